The molecule has 4 N–H and O–H groups in total. The number of carboxylic acids is 2. The lowest BCUT2D eigenvalue weighted by Crippen LogP contribution is -2.63. The highest BCUT2D eigenvalue weighted by Gasteiger charge is 2.60. The van der Waals surface area contributed by atoms with E-state index in [1.165, 1.54) is 25.7 Å². The van der Waals surface area contributed by atoms with Gasteiger partial charge in [-0.3, -0.25) is 24.1 Å². The fraction of sp³-hybridized carbons (Fsp3) is 0.333. The van der Waals surface area contributed by atoms with Crippen LogP contribution in [-0.4, -0.2) is 72.9 Å². The molecule has 0 saturated carbocycles. The van der Waals surface area contributed by atoms with E-state index in [0.29, 0.717) is 26.7 Å². The molecule has 0 bridgehead atoms. The summed E-state index contributed by atoms with van der Waals surface area (Å²) in [7, 11) is 0. The van der Waals surface area contributed by atoms with Gasteiger partial charge >= 0.3 is 18.0 Å². The van der Waals surface area contributed by atoms with Crippen molar-refractivity contribution in [2.24, 2.45) is 11.0 Å². The number of aliphatic carboxylic acids is 2. The fourth-order valence-corrected chi connectivity index (χ4v) is 5.77. The first-order valence-corrected chi connectivity index (χ1v) is 14.8. The summed E-state index contributed by atoms with van der Waals surface area (Å²) in [5.74, 6) is -6.89. The first-order chi connectivity index (χ1) is 22.2. The molecule has 1 aliphatic rings. The van der Waals surface area contributed by atoms with Crippen molar-refractivity contribution >= 4 is 46.5 Å². The van der Waals surface area contributed by atoms with E-state index in [4.69, 9.17) is 5.53 Å². The summed E-state index contributed by atoms with van der Waals surface area (Å²) in [5, 5.41) is 28.2. The van der Waals surface area contributed by atoms with Gasteiger partial charge in [0.1, 0.15) is 11.6 Å². The van der Waals surface area contributed by atoms with Gasteiger partial charge in [0.2, 0.25) is 5.91 Å². The molecular weight excluding hydrogens is 608 g/mol. The second kappa shape index (κ2) is 13.8. The summed E-state index contributed by atoms with van der Waals surface area (Å²) in [5.41, 5.74) is 7.03. The Morgan fingerprint density at radius 1 is 0.957 bits per heavy atom. The maximum Gasteiger partial charge on any atom is 0.347 e. The quantitative estimate of drug-likeness (QED) is 0.159. The number of carbonyl (C=O) groups is 6. The molecule has 14 heteroatoms. The van der Waals surface area contributed by atoms with Crippen molar-refractivity contribution in [3.8, 4) is 0 Å². The van der Waals surface area contributed by atoms with Crippen LogP contribution >= 0.6 is 0 Å². The first-order valence-electron chi connectivity index (χ1n) is 14.8. The molecule has 0 aromatic heterocycles. The van der Waals surface area contributed by atoms with Crippen molar-refractivity contribution in [2.75, 3.05) is 0 Å². The van der Waals surface area contributed by atoms with Crippen molar-refractivity contribution < 1.29 is 39.0 Å². The maximum atomic E-state index is 14.6. The molecule has 1 aliphatic heterocycles. The number of rotatable bonds is 13. The fourth-order valence-electron chi connectivity index (χ4n) is 5.77. The third-order valence-electron chi connectivity index (χ3n) is 8.14. The molecule has 246 valence electrons. The highest BCUT2D eigenvalue weighted by Crippen LogP contribution is 2.40. The van der Waals surface area contributed by atoms with Gasteiger partial charge in [-0.05, 0) is 46.4 Å². The summed E-state index contributed by atoms with van der Waals surface area (Å²) in [6, 6.07) is 14.9. The van der Waals surface area contributed by atoms with Crippen LogP contribution in [0, 0.1) is 11.4 Å². The molecule has 47 heavy (non-hydrogen) atoms. The monoisotopic (exact) mass is 644 g/mol. The van der Waals surface area contributed by atoms with E-state index >= 15 is 0 Å². The van der Waals surface area contributed by atoms with Crippen LogP contribution in [0.25, 0.3) is 10.8 Å². The Bertz CT molecular complexity index is 1730. The summed E-state index contributed by atoms with van der Waals surface area (Å²) in [4.78, 5) is 80.9. The molecule has 1 heterocycles. The number of hydrogen-bond acceptors (Lipinski definition) is 8. The van der Waals surface area contributed by atoms with Crippen LogP contribution in [0.3, 0.4) is 0 Å². The Balaban J connectivity index is 1.91. The SMILES string of the molecule is CC(=O)N[C@@H](CC(=O)O)C(=O)N([C@H](C(=O)O)C(C)C)N1C(=O)N(Cc2ccc3ccccc3c2)[C@](C)(c2ccc(CN=N)cc2)C1=O. The molecule has 14 nitrogen and oxygen atoms in total. The average Bonchev–Trinajstić information content (AvgIpc) is 3.19. The zero-order valence-corrected chi connectivity index (χ0v) is 26.3. The van der Waals surface area contributed by atoms with Gasteiger partial charge < -0.3 is 15.5 Å². The van der Waals surface area contributed by atoms with Gasteiger partial charge in [0.25, 0.3) is 11.8 Å². The number of benzene rings is 3. The molecule has 3 aromatic rings. The minimum absolute atomic E-state index is 0.0852. The normalized spacial score (nSPS) is 17.5. The largest absolute Gasteiger partial charge is 0.481 e. The van der Waals surface area contributed by atoms with Crippen LogP contribution in [0.4, 0.5) is 4.79 Å². The molecule has 4 rings (SSSR count). The van der Waals surface area contributed by atoms with Crippen LogP contribution < -0.4 is 5.32 Å². The number of carbonyl (C=O) groups excluding carboxylic acids is 4. The lowest BCUT2D eigenvalue weighted by Gasteiger charge is -2.38. The number of urea groups is 1. The lowest BCUT2D eigenvalue weighted by molar-refractivity contribution is -0.173. The Morgan fingerprint density at radius 3 is 2.13 bits per heavy atom. The van der Waals surface area contributed by atoms with E-state index in [0.717, 1.165) is 17.7 Å². The van der Waals surface area contributed by atoms with E-state index in [1.807, 2.05) is 36.4 Å². The minimum atomic E-state index is -1.80. The summed E-state index contributed by atoms with van der Waals surface area (Å²) < 4.78 is 0. The van der Waals surface area contributed by atoms with Gasteiger partial charge in [-0.1, -0.05) is 74.5 Å². The summed E-state index contributed by atoms with van der Waals surface area (Å²) >= 11 is 0. The predicted octanol–water partition coefficient (Wildman–Crippen LogP) is 3.88. The van der Waals surface area contributed by atoms with Gasteiger partial charge in [-0.25, -0.2) is 20.1 Å². The van der Waals surface area contributed by atoms with Crippen LogP contribution in [0.1, 0.15) is 50.8 Å². The lowest BCUT2D eigenvalue weighted by atomic mass is 9.89. The second-order valence-corrected chi connectivity index (χ2v) is 11.8. The van der Waals surface area contributed by atoms with Gasteiger partial charge in [-0.15, -0.1) is 0 Å². The maximum absolute atomic E-state index is 14.6. The third kappa shape index (κ3) is 6.81. The van der Waals surface area contributed by atoms with Crippen molar-refractivity contribution in [1.29, 1.82) is 5.53 Å². The van der Waals surface area contributed by atoms with E-state index in [2.05, 4.69) is 10.4 Å². The molecule has 0 aliphatic carbocycles. The van der Waals surface area contributed by atoms with Crippen LogP contribution in [-0.2, 0) is 42.6 Å². The van der Waals surface area contributed by atoms with E-state index in [1.54, 1.807) is 30.3 Å². The molecule has 1 fully saturated rings. The predicted molar refractivity (Wildman–Crippen MR) is 167 cm³/mol. The van der Waals surface area contributed by atoms with Crippen molar-refractivity contribution in [3.63, 3.8) is 0 Å². The van der Waals surface area contributed by atoms with Crippen LogP contribution in [0.5, 0.6) is 0 Å². The molecule has 0 radical (unpaired) electrons. The Hall–Kier alpha value is -5.66. The number of carboxylic acid groups (broad SMARTS) is 2. The topological polar surface area (TPSA) is 201 Å². The van der Waals surface area contributed by atoms with Crippen LogP contribution in [0.2, 0.25) is 0 Å². The number of imide groups is 1. The van der Waals surface area contributed by atoms with Gasteiger partial charge in [0.05, 0.1) is 13.0 Å². The number of amides is 5. The van der Waals surface area contributed by atoms with E-state index < -0.39 is 65.7 Å². The van der Waals surface area contributed by atoms with E-state index in [9.17, 15) is 39.0 Å². The molecule has 0 spiro atoms. The third-order valence-corrected chi connectivity index (χ3v) is 8.14. The molecule has 0 unspecified atom stereocenters. The molecule has 1 saturated heterocycles. The van der Waals surface area contributed by atoms with Gasteiger partial charge in [0.15, 0.2) is 6.04 Å². The van der Waals surface area contributed by atoms with Crippen molar-refractivity contribution in [3.05, 3.63) is 83.4 Å². The number of fused-ring (bicyclic) bond motifs is 1. The number of nitrogens with zero attached hydrogens (tertiary/aromatic N) is 4. The minimum Gasteiger partial charge on any atom is -0.481 e. The Labute approximate surface area is 270 Å². The Kier molecular flexibility index (Phi) is 10.0. The standard InChI is InChI=1S/C33H36N6O8/c1-19(2)28(30(44)45)38(29(43)26(16-27(41)42)36-20(3)40)39-31(46)33(4,25-13-10-21(11-14-25)17-35-34)37(32(39)47)18-22-9-12-23-7-5-6-8-24(23)15-22/h5-15,19,26,28,34H,16-18H2,1-4H3,(H,36,40)(H,41,42)(H,44,45)/t26-,28-,33+/m0/s1. The van der Waals surface area contributed by atoms with Gasteiger partial charge in [0, 0.05) is 13.5 Å². The van der Waals surface area contributed by atoms with Crippen molar-refractivity contribution in [1.82, 2.24) is 20.2 Å². The smallest absolute Gasteiger partial charge is 0.347 e. The summed E-state index contributed by atoms with van der Waals surface area (Å²) in [6.45, 7) is 5.43. The van der Waals surface area contributed by atoms with Crippen molar-refractivity contribution in [2.45, 2.75) is 64.8 Å². The number of nitrogens with one attached hydrogen (secondary N) is 2. The molecule has 3 aromatic carbocycles. The molecule has 3 atom stereocenters. The Morgan fingerprint density at radius 2 is 1.57 bits per heavy atom. The average molecular weight is 645 g/mol. The number of hydrazine groups is 1. The number of hydrogen-bond donors (Lipinski definition) is 4. The zero-order chi connectivity index (χ0) is 34.6. The van der Waals surface area contributed by atoms with E-state index in [-0.39, 0.29) is 13.1 Å². The first kappa shape index (κ1) is 34.2. The zero-order valence-electron chi connectivity index (χ0n) is 26.3. The molecular formula is C33H36N6O8. The van der Waals surface area contributed by atoms with Gasteiger partial charge in [-0.2, -0.15) is 10.1 Å². The second-order valence-electron chi connectivity index (χ2n) is 11.8. The van der Waals surface area contributed by atoms with Crippen LogP contribution in [0.15, 0.2) is 71.8 Å². The highest BCUT2D eigenvalue weighted by atomic mass is 16.4. The molecule has 5 amide bonds. The summed E-state index contributed by atoms with van der Waals surface area (Å²) in [6.07, 6.45) is -0.934. The highest BCUT2D eigenvalue weighted by molar-refractivity contribution is 6.09.